The molecular formula is C16H27NO3. The molecule has 0 radical (unpaired) electrons. The number of hydrogen-bond donors (Lipinski definition) is 2. The zero-order chi connectivity index (χ0) is 15.0. The Labute approximate surface area is 122 Å². The summed E-state index contributed by atoms with van der Waals surface area (Å²) in [7, 11) is 3.30. The number of methoxy groups -OCH3 is 2. The molecule has 20 heavy (non-hydrogen) atoms. The lowest BCUT2D eigenvalue weighted by Crippen LogP contribution is -2.36. The summed E-state index contributed by atoms with van der Waals surface area (Å²) < 4.78 is 10.5. The molecule has 0 unspecified atom stereocenters. The first-order valence-electron chi connectivity index (χ1n) is 7.16. The lowest BCUT2D eigenvalue weighted by Gasteiger charge is -2.29. The molecule has 0 fully saturated rings. The fourth-order valence-corrected chi connectivity index (χ4v) is 2.22. The second-order valence-electron chi connectivity index (χ2n) is 5.19. The quantitative estimate of drug-likeness (QED) is 0.730. The third-order valence-electron chi connectivity index (χ3n) is 4.08. The van der Waals surface area contributed by atoms with Crippen molar-refractivity contribution in [1.82, 2.24) is 5.32 Å². The van der Waals surface area contributed by atoms with Crippen molar-refractivity contribution in [1.29, 1.82) is 0 Å². The number of ether oxygens (including phenoxy) is 2. The number of hydrogen-bond acceptors (Lipinski definition) is 4. The van der Waals surface area contributed by atoms with E-state index in [1.165, 1.54) is 0 Å². The molecule has 0 aromatic heterocycles. The van der Waals surface area contributed by atoms with Gasteiger partial charge < -0.3 is 19.9 Å². The standard InChI is InChI=1S/C16H27NO3/c1-5-16(6-2,12-18)11-17-10-13-7-14(19-3)9-15(8-13)20-4/h7-9,17-18H,5-6,10-12H2,1-4H3. The van der Waals surface area contributed by atoms with E-state index in [2.05, 4.69) is 19.2 Å². The molecule has 0 aliphatic carbocycles. The van der Waals surface area contributed by atoms with Gasteiger partial charge in [-0.2, -0.15) is 0 Å². The molecule has 0 heterocycles. The maximum absolute atomic E-state index is 9.56. The van der Waals surface area contributed by atoms with Gasteiger partial charge in [-0.15, -0.1) is 0 Å². The molecule has 1 rings (SSSR count). The zero-order valence-corrected chi connectivity index (χ0v) is 13.0. The molecule has 0 saturated heterocycles. The van der Waals surface area contributed by atoms with Gasteiger partial charge >= 0.3 is 0 Å². The molecule has 0 amide bonds. The van der Waals surface area contributed by atoms with E-state index in [-0.39, 0.29) is 12.0 Å². The monoisotopic (exact) mass is 281 g/mol. The highest BCUT2D eigenvalue weighted by atomic mass is 16.5. The highest BCUT2D eigenvalue weighted by molar-refractivity contribution is 5.38. The van der Waals surface area contributed by atoms with E-state index < -0.39 is 0 Å². The lowest BCUT2D eigenvalue weighted by atomic mass is 9.83. The van der Waals surface area contributed by atoms with Gasteiger partial charge in [-0.05, 0) is 30.5 Å². The summed E-state index contributed by atoms with van der Waals surface area (Å²) >= 11 is 0. The van der Waals surface area contributed by atoms with Crippen molar-refractivity contribution >= 4 is 0 Å². The lowest BCUT2D eigenvalue weighted by molar-refractivity contribution is 0.113. The first-order chi connectivity index (χ1) is 9.62. The summed E-state index contributed by atoms with van der Waals surface area (Å²) in [5.74, 6) is 1.58. The Bertz CT molecular complexity index is 372. The van der Waals surface area contributed by atoms with E-state index in [4.69, 9.17) is 9.47 Å². The van der Waals surface area contributed by atoms with Crippen LogP contribution >= 0.6 is 0 Å². The van der Waals surface area contributed by atoms with Crippen LogP contribution in [0.25, 0.3) is 0 Å². The van der Waals surface area contributed by atoms with Crippen LogP contribution in [0.4, 0.5) is 0 Å². The first-order valence-corrected chi connectivity index (χ1v) is 7.16. The van der Waals surface area contributed by atoms with Crippen molar-refractivity contribution < 1.29 is 14.6 Å². The number of rotatable bonds is 9. The molecule has 1 aromatic rings. The summed E-state index contributed by atoms with van der Waals surface area (Å²) in [5.41, 5.74) is 1.09. The van der Waals surface area contributed by atoms with Gasteiger partial charge in [0, 0.05) is 31.2 Å². The minimum absolute atomic E-state index is 0.0248. The van der Waals surface area contributed by atoms with E-state index in [0.717, 1.165) is 43.0 Å². The summed E-state index contributed by atoms with van der Waals surface area (Å²) in [6, 6.07) is 5.85. The van der Waals surface area contributed by atoms with Gasteiger partial charge in [0.1, 0.15) is 11.5 Å². The summed E-state index contributed by atoms with van der Waals surface area (Å²) in [4.78, 5) is 0. The van der Waals surface area contributed by atoms with Crippen molar-refractivity contribution in [3.05, 3.63) is 23.8 Å². The van der Waals surface area contributed by atoms with Crippen molar-refractivity contribution in [2.24, 2.45) is 5.41 Å². The number of benzene rings is 1. The molecule has 4 nitrogen and oxygen atoms in total. The normalized spacial score (nSPS) is 11.4. The average Bonchev–Trinajstić information content (AvgIpc) is 2.51. The van der Waals surface area contributed by atoms with Crippen LogP contribution < -0.4 is 14.8 Å². The van der Waals surface area contributed by atoms with Crippen LogP contribution in [-0.4, -0.2) is 32.5 Å². The predicted molar refractivity (Wildman–Crippen MR) is 81.4 cm³/mol. The van der Waals surface area contributed by atoms with E-state index in [0.29, 0.717) is 0 Å². The van der Waals surface area contributed by atoms with Crippen LogP contribution in [0.15, 0.2) is 18.2 Å². The second-order valence-corrected chi connectivity index (χ2v) is 5.19. The molecule has 0 bridgehead atoms. The smallest absolute Gasteiger partial charge is 0.122 e. The molecule has 1 aromatic carbocycles. The molecular weight excluding hydrogens is 254 g/mol. The average molecular weight is 281 g/mol. The molecule has 0 saturated carbocycles. The van der Waals surface area contributed by atoms with Crippen LogP contribution in [-0.2, 0) is 6.54 Å². The summed E-state index contributed by atoms with van der Waals surface area (Å²) in [6.45, 7) is 5.99. The minimum Gasteiger partial charge on any atom is -0.497 e. The molecule has 0 atom stereocenters. The predicted octanol–water partition coefficient (Wildman–Crippen LogP) is 2.59. The Morgan fingerprint density at radius 3 is 2.00 bits per heavy atom. The maximum atomic E-state index is 9.56. The Kier molecular flexibility index (Phi) is 6.82. The topological polar surface area (TPSA) is 50.7 Å². The highest BCUT2D eigenvalue weighted by Crippen LogP contribution is 2.25. The van der Waals surface area contributed by atoms with Gasteiger partial charge in [0.25, 0.3) is 0 Å². The Balaban J connectivity index is 2.65. The van der Waals surface area contributed by atoms with E-state index in [1.807, 2.05) is 18.2 Å². The number of aliphatic hydroxyl groups is 1. The van der Waals surface area contributed by atoms with Crippen LogP contribution in [0.5, 0.6) is 11.5 Å². The van der Waals surface area contributed by atoms with E-state index >= 15 is 0 Å². The maximum Gasteiger partial charge on any atom is 0.122 e. The van der Waals surface area contributed by atoms with Crippen LogP contribution in [0, 0.1) is 5.41 Å². The first kappa shape index (κ1) is 16.8. The van der Waals surface area contributed by atoms with Gasteiger partial charge in [0.05, 0.1) is 14.2 Å². The Hall–Kier alpha value is -1.26. The SMILES string of the molecule is CCC(CC)(CO)CNCc1cc(OC)cc(OC)c1. The van der Waals surface area contributed by atoms with Gasteiger partial charge in [0.2, 0.25) is 0 Å². The fourth-order valence-electron chi connectivity index (χ4n) is 2.22. The fraction of sp³-hybridized carbons (Fsp3) is 0.625. The van der Waals surface area contributed by atoms with Crippen molar-refractivity contribution in [3.63, 3.8) is 0 Å². The molecule has 0 aliphatic rings. The molecule has 4 heteroatoms. The third-order valence-corrected chi connectivity index (χ3v) is 4.08. The number of aliphatic hydroxyl groups excluding tert-OH is 1. The van der Waals surface area contributed by atoms with Gasteiger partial charge in [-0.1, -0.05) is 13.8 Å². The molecule has 114 valence electrons. The summed E-state index contributed by atoms with van der Waals surface area (Å²) in [6.07, 6.45) is 1.93. The van der Waals surface area contributed by atoms with Crippen molar-refractivity contribution in [3.8, 4) is 11.5 Å². The van der Waals surface area contributed by atoms with Crippen LogP contribution in [0.3, 0.4) is 0 Å². The largest absolute Gasteiger partial charge is 0.497 e. The van der Waals surface area contributed by atoms with Crippen LogP contribution in [0.2, 0.25) is 0 Å². The van der Waals surface area contributed by atoms with E-state index in [1.54, 1.807) is 14.2 Å². The van der Waals surface area contributed by atoms with Gasteiger partial charge in [-0.25, -0.2) is 0 Å². The highest BCUT2D eigenvalue weighted by Gasteiger charge is 2.24. The molecule has 2 N–H and O–H groups in total. The number of nitrogens with one attached hydrogen (secondary N) is 1. The summed E-state index contributed by atoms with van der Waals surface area (Å²) in [5, 5.41) is 13.0. The van der Waals surface area contributed by atoms with Gasteiger partial charge in [-0.3, -0.25) is 0 Å². The Morgan fingerprint density at radius 1 is 1.05 bits per heavy atom. The van der Waals surface area contributed by atoms with Crippen molar-refractivity contribution in [2.45, 2.75) is 33.2 Å². The molecule has 0 aliphatic heterocycles. The second kappa shape index (κ2) is 8.12. The minimum atomic E-state index is -0.0248. The van der Waals surface area contributed by atoms with Crippen molar-refractivity contribution in [2.75, 3.05) is 27.4 Å². The van der Waals surface area contributed by atoms with E-state index in [9.17, 15) is 5.11 Å². The molecule has 0 spiro atoms. The zero-order valence-electron chi connectivity index (χ0n) is 13.0. The van der Waals surface area contributed by atoms with Gasteiger partial charge in [0.15, 0.2) is 0 Å². The third kappa shape index (κ3) is 4.39. The van der Waals surface area contributed by atoms with Crippen LogP contribution in [0.1, 0.15) is 32.3 Å². The Morgan fingerprint density at radius 2 is 1.60 bits per heavy atom.